The Morgan fingerprint density at radius 2 is 2.05 bits per heavy atom. The third-order valence-corrected chi connectivity index (χ3v) is 3.36. The lowest BCUT2D eigenvalue weighted by atomic mass is 10.1. The van der Waals surface area contributed by atoms with Gasteiger partial charge in [0.1, 0.15) is 17.3 Å². The predicted molar refractivity (Wildman–Crippen MR) is 74.8 cm³/mol. The van der Waals surface area contributed by atoms with Crippen molar-refractivity contribution in [2.45, 2.75) is 32.2 Å². The highest BCUT2D eigenvalue weighted by molar-refractivity contribution is 5.95. The topological polar surface area (TPSA) is 56.1 Å². The molecule has 4 nitrogen and oxygen atoms in total. The van der Waals surface area contributed by atoms with Crippen LogP contribution < -0.4 is 5.32 Å². The number of nitriles is 1. The molecule has 0 radical (unpaired) electrons. The summed E-state index contributed by atoms with van der Waals surface area (Å²) < 4.78 is 27.7. The molecule has 1 aromatic rings. The molecule has 6 heteroatoms. The summed E-state index contributed by atoms with van der Waals surface area (Å²) in [6, 6.07) is 4.17. The van der Waals surface area contributed by atoms with Crippen molar-refractivity contribution in [3.05, 3.63) is 29.3 Å². The quantitative estimate of drug-likeness (QED) is 0.877. The summed E-state index contributed by atoms with van der Waals surface area (Å²) >= 11 is 0. The van der Waals surface area contributed by atoms with Crippen LogP contribution in [0.5, 0.6) is 0 Å². The van der Waals surface area contributed by atoms with Crippen LogP contribution in [0.1, 0.15) is 36.5 Å². The lowest BCUT2D eigenvalue weighted by Gasteiger charge is -2.21. The first kappa shape index (κ1) is 15.2. The first-order valence-corrected chi connectivity index (χ1v) is 6.99. The average molecular weight is 293 g/mol. The van der Waals surface area contributed by atoms with E-state index in [2.05, 4.69) is 5.32 Å². The zero-order chi connectivity index (χ0) is 15.4. The third-order valence-electron chi connectivity index (χ3n) is 3.36. The number of carbonyl (C=O) groups is 1. The molecule has 0 aliphatic heterocycles. The Balaban J connectivity index is 2.23. The average Bonchev–Trinajstić information content (AvgIpc) is 3.27. The van der Waals surface area contributed by atoms with E-state index in [-0.39, 0.29) is 30.3 Å². The molecule has 112 valence electrons. The monoisotopic (exact) mass is 293 g/mol. The summed E-state index contributed by atoms with van der Waals surface area (Å²) in [6.07, 6.45) is 1.96. The highest BCUT2D eigenvalue weighted by atomic mass is 19.1. The van der Waals surface area contributed by atoms with E-state index < -0.39 is 17.5 Å². The molecule has 2 rings (SSSR count). The second kappa shape index (κ2) is 6.53. The second-order valence-electron chi connectivity index (χ2n) is 4.98. The highest BCUT2D eigenvalue weighted by Crippen LogP contribution is 2.29. The fourth-order valence-corrected chi connectivity index (χ4v) is 2.21. The second-order valence-corrected chi connectivity index (χ2v) is 4.98. The summed E-state index contributed by atoms with van der Waals surface area (Å²) in [5.74, 6) is -1.99. The summed E-state index contributed by atoms with van der Waals surface area (Å²) in [5.41, 5.74) is -0.236. The van der Waals surface area contributed by atoms with Crippen molar-refractivity contribution in [2.24, 2.45) is 0 Å². The van der Waals surface area contributed by atoms with Gasteiger partial charge in [0, 0.05) is 24.7 Å². The highest BCUT2D eigenvalue weighted by Gasteiger charge is 2.33. The van der Waals surface area contributed by atoms with Crippen molar-refractivity contribution in [2.75, 3.05) is 18.4 Å². The van der Waals surface area contributed by atoms with Crippen molar-refractivity contribution < 1.29 is 13.6 Å². The molecule has 1 fully saturated rings. The number of nitrogens with zero attached hydrogens (tertiary/aromatic N) is 2. The van der Waals surface area contributed by atoms with Crippen molar-refractivity contribution >= 4 is 11.6 Å². The van der Waals surface area contributed by atoms with Crippen molar-refractivity contribution in [3.8, 4) is 6.07 Å². The fraction of sp³-hybridized carbons (Fsp3) is 0.467. The van der Waals surface area contributed by atoms with Crippen LogP contribution in [0.4, 0.5) is 14.5 Å². The van der Waals surface area contributed by atoms with E-state index in [0.29, 0.717) is 6.54 Å². The molecular weight excluding hydrogens is 276 g/mol. The Hall–Kier alpha value is -2.16. The molecule has 1 N–H and O–H groups in total. The summed E-state index contributed by atoms with van der Waals surface area (Å²) in [6.45, 7) is 2.41. The molecule has 1 aliphatic rings. The number of carbonyl (C=O) groups excluding carboxylic acids is 1. The molecule has 1 saturated carbocycles. The molecule has 0 saturated heterocycles. The van der Waals surface area contributed by atoms with E-state index in [0.717, 1.165) is 25.0 Å². The van der Waals surface area contributed by atoms with E-state index in [1.807, 2.05) is 6.07 Å². The lowest BCUT2D eigenvalue weighted by Crippen LogP contribution is -2.34. The molecule has 0 unspecified atom stereocenters. The summed E-state index contributed by atoms with van der Waals surface area (Å²) in [5, 5.41) is 11.2. The Kier molecular flexibility index (Phi) is 4.73. The van der Waals surface area contributed by atoms with Gasteiger partial charge < -0.3 is 10.2 Å². The number of benzene rings is 1. The number of halogens is 2. The normalized spacial score (nSPS) is 13.6. The van der Waals surface area contributed by atoms with Crippen LogP contribution in [0.3, 0.4) is 0 Å². The molecule has 1 aromatic carbocycles. The molecule has 0 atom stereocenters. The van der Waals surface area contributed by atoms with Gasteiger partial charge in [-0.2, -0.15) is 5.26 Å². The number of rotatable bonds is 6. The van der Waals surface area contributed by atoms with Gasteiger partial charge in [-0.25, -0.2) is 8.78 Å². The predicted octanol–water partition coefficient (Wildman–Crippen LogP) is 2.91. The van der Waals surface area contributed by atoms with Gasteiger partial charge in [0.05, 0.1) is 12.5 Å². The fourth-order valence-electron chi connectivity index (χ4n) is 2.21. The number of anilines is 1. The maximum atomic E-state index is 13.9. The van der Waals surface area contributed by atoms with Gasteiger partial charge in [-0.1, -0.05) is 0 Å². The minimum atomic E-state index is -0.781. The molecule has 0 bridgehead atoms. The van der Waals surface area contributed by atoms with Gasteiger partial charge in [0.15, 0.2) is 0 Å². The number of hydrogen-bond acceptors (Lipinski definition) is 3. The SMILES string of the molecule is CCNc1c(F)cc(C(=O)N(CCC#N)C2CC2)cc1F. The molecule has 1 amide bonds. The molecule has 0 spiro atoms. The zero-order valence-corrected chi connectivity index (χ0v) is 11.8. The molecule has 0 heterocycles. The molecule has 21 heavy (non-hydrogen) atoms. The standard InChI is InChI=1S/C15H17F2N3O/c1-2-19-14-12(16)8-10(9-13(14)17)15(21)20(7-3-6-18)11-4-5-11/h8-9,11,19H,2-5,7H2,1H3. The smallest absolute Gasteiger partial charge is 0.254 e. The molecule has 1 aliphatic carbocycles. The van der Waals surface area contributed by atoms with Crippen LogP contribution in [0.15, 0.2) is 12.1 Å². The minimum absolute atomic E-state index is 0.0171. The summed E-state index contributed by atoms with van der Waals surface area (Å²) in [4.78, 5) is 13.9. The Morgan fingerprint density at radius 3 is 2.52 bits per heavy atom. The van der Waals surface area contributed by atoms with Crippen molar-refractivity contribution in [3.63, 3.8) is 0 Å². The maximum absolute atomic E-state index is 13.9. The zero-order valence-electron chi connectivity index (χ0n) is 11.8. The van der Waals surface area contributed by atoms with Crippen LogP contribution in [0.2, 0.25) is 0 Å². The lowest BCUT2D eigenvalue weighted by molar-refractivity contribution is 0.0746. The largest absolute Gasteiger partial charge is 0.381 e. The number of nitrogens with one attached hydrogen (secondary N) is 1. The Labute approximate surface area is 122 Å². The summed E-state index contributed by atoms with van der Waals surface area (Å²) in [7, 11) is 0. The van der Waals surface area contributed by atoms with Crippen LogP contribution in [-0.2, 0) is 0 Å². The van der Waals surface area contributed by atoms with E-state index in [4.69, 9.17) is 5.26 Å². The third kappa shape index (κ3) is 3.48. The van der Waals surface area contributed by atoms with E-state index in [1.54, 1.807) is 6.92 Å². The van der Waals surface area contributed by atoms with Gasteiger partial charge in [-0.05, 0) is 31.9 Å². The van der Waals surface area contributed by atoms with Crippen molar-refractivity contribution in [1.29, 1.82) is 5.26 Å². The van der Waals surface area contributed by atoms with E-state index in [9.17, 15) is 13.6 Å². The first-order valence-electron chi connectivity index (χ1n) is 6.99. The van der Waals surface area contributed by atoms with Gasteiger partial charge >= 0.3 is 0 Å². The van der Waals surface area contributed by atoms with Crippen LogP contribution in [0.25, 0.3) is 0 Å². The minimum Gasteiger partial charge on any atom is -0.381 e. The first-order chi connectivity index (χ1) is 10.1. The molecular formula is C15H17F2N3O. The van der Waals surface area contributed by atoms with Crippen LogP contribution >= 0.6 is 0 Å². The Bertz CT molecular complexity index is 556. The maximum Gasteiger partial charge on any atom is 0.254 e. The van der Waals surface area contributed by atoms with Crippen LogP contribution in [0, 0.1) is 23.0 Å². The van der Waals surface area contributed by atoms with Gasteiger partial charge in [-0.3, -0.25) is 4.79 Å². The Morgan fingerprint density at radius 1 is 1.43 bits per heavy atom. The van der Waals surface area contributed by atoms with Gasteiger partial charge in [-0.15, -0.1) is 0 Å². The van der Waals surface area contributed by atoms with Gasteiger partial charge in [0.2, 0.25) is 0 Å². The van der Waals surface area contributed by atoms with Crippen LogP contribution in [-0.4, -0.2) is 29.9 Å². The van der Waals surface area contributed by atoms with E-state index in [1.165, 1.54) is 4.90 Å². The van der Waals surface area contributed by atoms with Crippen molar-refractivity contribution in [1.82, 2.24) is 4.90 Å². The van der Waals surface area contributed by atoms with E-state index >= 15 is 0 Å². The molecule has 0 aromatic heterocycles. The number of hydrogen-bond donors (Lipinski definition) is 1. The number of amides is 1. The van der Waals surface area contributed by atoms with Gasteiger partial charge in [0.25, 0.3) is 5.91 Å².